The van der Waals surface area contributed by atoms with Gasteiger partial charge in [-0.2, -0.15) is 5.26 Å². The first-order valence-corrected chi connectivity index (χ1v) is 19.7. The fraction of sp³-hybridized carbons (Fsp3) is 0.0769. The molecule has 0 unspecified atom stereocenters. The third-order valence-corrected chi connectivity index (χ3v) is 11.7. The normalized spacial score (nSPS) is 12.6. The quantitative estimate of drug-likeness (QED) is 0.168. The highest BCUT2D eigenvalue weighted by atomic mass is 16.5. The van der Waals surface area contributed by atoms with Crippen molar-refractivity contribution in [2.24, 2.45) is 0 Å². The van der Waals surface area contributed by atoms with E-state index >= 15 is 0 Å². The van der Waals surface area contributed by atoms with Gasteiger partial charge in [0.15, 0.2) is 0 Å². The molecule has 0 amide bonds. The number of hydrogen-bond donors (Lipinski definition) is 0. The van der Waals surface area contributed by atoms with Gasteiger partial charge in [0.25, 0.3) is 6.71 Å². The Hall–Kier alpha value is -7.36. The van der Waals surface area contributed by atoms with E-state index in [2.05, 4.69) is 153 Å². The molecule has 0 saturated heterocycles. The van der Waals surface area contributed by atoms with Gasteiger partial charge < -0.3 is 9.47 Å². The lowest BCUT2D eigenvalue weighted by molar-refractivity contribution is 0.464. The fourth-order valence-corrected chi connectivity index (χ4v) is 8.79. The van der Waals surface area contributed by atoms with Crippen LogP contribution in [0.25, 0.3) is 61.1 Å². The van der Waals surface area contributed by atoms with Crippen molar-refractivity contribution in [3.8, 4) is 68.4 Å². The smallest absolute Gasteiger partial charge is 0.260 e. The van der Waals surface area contributed by atoms with E-state index in [0.29, 0.717) is 5.56 Å². The first-order valence-electron chi connectivity index (χ1n) is 19.7. The summed E-state index contributed by atoms with van der Waals surface area (Å²) in [5, 5.41) is 12.1. The Labute approximate surface area is 337 Å². The van der Waals surface area contributed by atoms with Gasteiger partial charge in [-0.3, -0.25) is 4.57 Å². The Kier molecular flexibility index (Phi) is 7.51. The zero-order valence-electron chi connectivity index (χ0n) is 32.3. The highest BCUT2D eigenvalue weighted by Gasteiger charge is 2.40. The number of hydrogen-bond acceptors (Lipinski definition) is 4. The summed E-state index contributed by atoms with van der Waals surface area (Å²) in [7, 11) is 0. The van der Waals surface area contributed by atoms with Crippen molar-refractivity contribution in [2.45, 2.75) is 26.2 Å². The van der Waals surface area contributed by atoms with Crippen LogP contribution >= 0.6 is 0 Å². The van der Waals surface area contributed by atoms with E-state index in [1.807, 2.05) is 42.5 Å². The molecule has 9 aromatic rings. The first kappa shape index (κ1) is 33.9. The average Bonchev–Trinajstić information content (AvgIpc) is 3.59. The maximum Gasteiger partial charge on any atom is 0.260 e. The van der Waals surface area contributed by atoms with Crippen molar-refractivity contribution in [3.05, 3.63) is 175 Å². The highest BCUT2D eigenvalue weighted by Crippen LogP contribution is 2.39. The topological polar surface area (TPSA) is 60.1 Å². The van der Waals surface area contributed by atoms with Crippen LogP contribution in [0, 0.1) is 11.3 Å². The van der Waals surface area contributed by atoms with Crippen LogP contribution in [0.15, 0.2) is 164 Å². The number of fused-ring (bicyclic) bond motifs is 7. The number of benzene rings is 7. The van der Waals surface area contributed by atoms with Crippen LogP contribution in [0.5, 0.6) is 23.0 Å². The molecule has 0 spiro atoms. The molecule has 2 aromatic heterocycles. The van der Waals surface area contributed by atoms with Crippen LogP contribution < -0.4 is 25.9 Å². The van der Waals surface area contributed by atoms with E-state index in [1.54, 1.807) is 0 Å². The van der Waals surface area contributed by atoms with E-state index in [-0.39, 0.29) is 12.1 Å². The van der Waals surface area contributed by atoms with Crippen LogP contribution in [0.2, 0.25) is 0 Å². The van der Waals surface area contributed by atoms with Crippen molar-refractivity contribution >= 4 is 44.9 Å². The summed E-state index contributed by atoms with van der Waals surface area (Å²) in [5.74, 6) is 4.09. The zero-order chi connectivity index (χ0) is 39.1. The number of ether oxygens (including phenoxy) is 2. The molecule has 4 heterocycles. The molecule has 0 saturated carbocycles. The molecule has 0 N–H and O–H groups in total. The second kappa shape index (κ2) is 12.8. The van der Waals surface area contributed by atoms with Gasteiger partial charge >= 0.3 is 0 Å². The largest absolute Gasteiger partial charge is 0.458 e. The highest BCUT2D eigenvalue weighted by molar-refractivity contribution is 6.98. The molecule has 0 fully saturated rings. The molecule has 0 bridgehead atoms. The summed E-state index contributed by atoms with van der Waals surface area (Å²) in [6, 6.07) is 59.4. The van der Waals surface area contributed by atoms with Gasteiger partial charge in [0.1, 0.15) is 28.8 Å². The van der Waals surface area contributed by atoms with Gasteiger partial charge in [-0.05, 0) is 123 Å². The summed E-state index contributed by atoms with van der Waals surface area (Å²) in [4.78, 5) is 5.49. The minimum Gasteiger partial charge on any atom is -0.458 e. The maximum absolute atomic E-state index is 9.93. The van der Waals surface area contributed by atoms with Crippen LogP contribution in [0.3, 0.4) is 0 Å². The van der Waals surface area contributed by atoms with Crippen LogP contribution in [0.4, 0.5) is 0 Å². The Bertz CT molecular complexity index is 3160. The molecule has 2 aliphatic rings. The molecule has 11 rings (SSSR count). The molecule has 274 valence electrons. The van der Waals surface area contributed by atoms with E-state index in [0.717, 1.165) is 101 Å². The van der Waals surface area contributed by atoms with Crippen molar-refractivity contribution in [1.82, 2.24) is 9.55 Å². The zero-order valence-corrected chi connectivity index (χ0v) is 32.3. The first-order chi connectivity index (χ1) is 28.3. The summed E-state index contributed by atoms with van der Waals surface area (Å²) < 4.78 is 15.5. The number of nitriles is 1. The lowest BCUT2D eigenvalue weighted by Crippen LogP contribution is -2.57. The third kappa shape index (κ3) is 5.43. The number of pyridine rings is 1. The molecule has 58 heavy (non-hydrogen) atoms. The SMILES string of the molecule is CC(C)(C)c1ccc2c(c1)c1cc(C#N)ccc1n2-c1cc(-c2ccccc2)cc(-c2ccc3c(c2)B2c4cc(-c5ccccc5)ccc4Oc4cccc(c42)O3)n1. The lowest BCUT2D eigenvalue weighted by Gasteiger charge is -2.33. The summed E-state index contributed by atoms with van der Waals surface area (Å²) in [6.07, 6.45) is 0. The summed E-state index contributed by atoms with van der Waals surface area (Å²) in [5.41, 5.74) is 13.3. The van der Waals surface area contributed by atoms with Gasteiger partial charge in [-0.1, -0.05) is 112 Å². The van der Waals surface area contributed by atoms with Crippen molar-refractivity contribution < 1.29 is 9.47 Å². The second-order valence-corrected chi connectivity index (χ2v) is 16.3. The van der Waals surface area contributed by atoms with Crippen LogP contribution in [0.1, 0.15) is 31.9 Å². The predicted octanol–water partition coefficient (Wildman–Crippen LogP) is 11.1. The van der Waals surface area contributed by atoms with Crippen molar-refractivity contribution in [3.63, 3.8) is 0 Å². The van der Waals surface area contributed by atoms with Crippen LogP contribution in [-0.2, 0) is 5.41 Å². The van der Waals surface area contributed by atoms with E-state index < -0.39 is 0 Å². The van der Waals surface area contributed by atoms with Gasteiger partial charge in [0, 0.05) is 16.2 Å². The third-order valence-electron chi connectivity index (χ3n) is 11.7. The summed E-state index contributed by atoms with van der Waals surface area (Å²) >= 11 is 0. The fourth-order valence-electron chi connectivity index (χ4n) is 8.79. The molecule has 2 aliphatic heterocycles. The Morgan fingerprint density at radius 2 is 1.14 bits per heavy atom. The van der Waals surface area contributed by atoms with E-state index in [1.165, 1.54) is 5.56 Å². The molecule has 0 aliphatic carbocycles. The lowest BCUT2D eigenvalue weighted by atomic mass is 9.34. The Balaban J connectivity index is 1.13. The minimum atomic E-state index is -0.109. The maximum atomic E-state index is 9.93. The molecule has 5 nitrogen and oxygen atoms in total. The van der Waals surface area contributed by atoms with Gasteiger partial charge in [-0.25, -0.2) is 4.98 Å². The van der Waals surface area contributed by atoms with Gasteiger partial charge in [0.2, 0.25) is 0 Å². The number of nitrogens with zero attached hydrogens (tertiary/aromatic N) is 3. The Morgan fingerprint density at radius 1 is 0.534 bits per heavy atom. The predicted molar refractivity (Wildman–Crippen MR) is 236 cm³/mol. The number of aromatic nitrogens is 2. The second-order valence-electron chi connectivity index (χ2n) is 16.3. The standard InChI is InChI=1S/C52H36BN3O2/c1-52(2,3)38-20-22-45-40(30-38)39-25-32(31-54)17-21-44(39)56(45)50-29-37(34-13-8-5-9-14-34)28-43(55-50)36-19-24-47-42(27-36)53-41-26-35(33-11-6-4-7-12-33)18-23-46(41)57-48-15-10-16-49(58-47)51(48)53/h4-30H,1-3H3. The molecular formula is C52H36BN3O2. The van der Waals surface area contributed by atoms with Crippen molar-refractivity contribution in [2.75, 3.05) is 0 Å². The minimum absolute atomic E-state index is 0.0420. The molecule has 0 radical (unpaired) electrons. The van der Waals surface area contributed by atoms with Gasteiger partial charge in [0.05, 0.1) is 28.4 Å². The molecular weight excluding hydrogens is 709 g/mol. The Morgan fingerprint density at radius 3 is 1.79 bits per heavy atom. The molecule has 0 atom stereocenters. The van der Waals surface area contributed by atoms with E-state index in [9.17, 15) is 5.26 Å². The van der Waals surface area contributed by atoms with Crippen molar-refractivity contribution in [1.29, 1.82) is 5.26 Å². The average molecular weight is 746 g/mol. The van der Waals surface area contributed by atoms with E-state index in [4.69, 9.17) is 14.5 Å². The monoisotopic (exact) mass is 745 g/mol. The molecule has 7 aromatic carbocycles. The number of rotatable bonds is 4. The van der Waals surface area contributed by atoms with Crippen LogP contribution in [-0.4, -0.2) is 16.3 Å². The summed E-state index contributed by atoms with van der Waals surface area (Å²) in [6.45, 7) is 6.59. The van der Waals surface area contributed by atoms with Gasteiger partial charge in [-0.15, -0.1) is 0 Å². The molecule has 6 heteroatoms.